The van der Waals surface area contributed by atoms with Crippen LogP contribution in [0.2, 0.25) is 0 Å². The fraction of sp³-hybridized carbons (Fsp3) is 0.556. The summed E-state index contributed by atoms with van der Waals surface area (Å²) in [6.45, 7) is 0.689. The molecule has 0 bridgehead atoms. The lowest BCUT2D eigenvalue weighted by Gasteiger charge is -2.33. The van der Waals surface area contributed by atoms with Gasteiger partial charge >= 0.3 is 13.9 Å². The van der Waals surface area contributed by atoms with Crippen molar-refractivity contribution in [3.63, 3.8) is 0 Å². The zero-order chi connectivity index (χ0) is 15.8. The second-order valence-corrected chi connectivity index (χ2v) is 6.11. The standard InChI is InChI=1S/C9H13N2O8PS/c12-4-1-7(19-5(4)3-18-20(15,16)17)11-8(21)2-6(13)10-9(11)14/h2-5,7-8,12H,1H2,(H4-,10,13,14,15,16,17,21)/p+1/t4-,5+,7+,8-/m0/s1. The minimum atomic E-state index is -4.73. The van der Waals surface area contributed by atoms with Crippen LogP contribution < -0.4 is 5.32 Å². The molecule has 12 heteroatoms. The van der Waals surface area contributed by atoms with Crippen molar-refractivity contribution in [3.8, 4) is 0 Å². The summed E-state index contributed by atoms with van der Waals surface area (Å²) in [6, 6.07) is -0.677. The smallest absolute Gasteiger partial charge is 0.495 e. The maximum atomic E-state index is 11.8. The highest BCUT2D eigenvalue weighted by atomic mass is 32.1. The van der Waals surface area contributed by atoms with E-state index in [4.69, 9.17) is 14.5 Å². The van der Waals surface area contributed by atoms with Crippen LogP contribution in [-0.4, -0.2) is 54.7 Å². The molecule has 0 aromatic carbocycles. The molecule has 10 nitrogen and oxygen atoms in total. The molecule has 2 amide bonds. The minimum Gasteiger partial charge on any atom is -0.495 e. The summed E-state index contributed by atoms with van der Waals surface area (Å²) in [5.41, 5.74) is 0. The Kier molecular flexibility index (Phi) is 4.73. The van der Waals surface area contributed by atoms with Crippen molar-refractivity contribution in [3.05, 3.63) is 18.6 Å². The van der Waals surface area contributed by atoms with Gasteiger partial charge in [0.05, 0.1) is 0 Å². The van der Waals surface area contributed by atoms with Crippen LogP contribution in [0, 0.1) is 6.61 Å². The number of rotatable bonds is 4. The van der Waals surface area contributed by atoms with Crippen LogP contribution in [0.5, 0.6) is 0 Å². The number of thiol groups is 1. The van der Waals surface area contributed by atoms with Gasteiger partial charge in [-0.05, 0) is 0 Å². The van der Waals surface area contributed by atoms with Crippen LogP contribution in [0.1, 0.15) is 6.42 Å². The molecule has 0 spiro atoms. The van der Waals surface area contributed by atoms with Crippen molar-refractivity contribution in [2.75, 3.05) is 0 Å². The maximum absolute atomic E-state index is 11.8. The monoisotopic (exact) mass is 341 g/mol. The van der Waals surface area contributed by atoms with Gasteiger partial charge in [-0.15, -0.1) is 12.6 Å². The van der Waals surface area contributed by atoms with E-state index >= 15 is 0 Å². The number of urea groups is 1. The number of phosphoric ester groups is 1. The number of carbonyl (C=O) groups excluding carboxylic acids is 1. The molecule has 21 heavy (non-hydrogen) atoms. The number of carbonyl (C=O) groups is 1. The first-order valence-electron chi connectivity index (χ1n) is 5.76. The molecular weight excluding hydrogens is 327 g/mol. The van der Waals surface area contributed by atoms with Crippen molar-refractivity contribution in [2.45, 2.75) is 30.2 Å². The first-order valence-corrected chi connectivity index (χ1v) is 7.81. The van der Waals surface area contributed by atoms with Gasteiger partial charge in [0.25, 0.3) is 12.7 Å². The third-order valence-electron chi connectivity index (χ3n) is 2.84. The van der Waals surface area contributed by atoms with E-state index in [-0.39, 0.29) is 12.3 Å². The largest absolute Gasteiger partial charge is 0.509 e. The van der Waals surface area contributed by atoms with E-state index in [2.05, 4.69) is 22.5 Å². The van der Waals surface area contributed by atoms with Gasteiger partial charge in [-0.3, -0.25) is 10.2 Å². The molecule has 2 rings (SSSR count). The number of hydrogen-bond acceptors (Lipinski definition) is 7. The van der Waals surface area contributed by atoms with Gasteiger partial charge in [-0.1, -0.05) is 4.52 Å². The zero-order valence-electron chi connectivity index (χ0n) is 10.4. The fourth-order valence-electron chi connectivity index (χ4n) is 1.97. The second-order valence-electron chi connectivity index (χ2n) is 4.39. The average molecular weight is 341 g/mol. The van der Waals surface area contributed by atoms with Crippen LogP contribution in [-0.2, 0) is 13.8 Å². The first-order chi connectivity index (χ1) is 9.67. The summed E-state index contributed by atoms with van der Waals surface area (Å²) >= 11 is 4.11. The highest BCUT2D eigenvalue weighted by molar-refractivity contribution is 7.81. The van der Waals surface area contributed by atoms with E-state index in [0.29, 0.717) is 6.61 Å². The Balaban J connectivity index is 2.00. The highest BCUT2D eigenvalue weighted by Gasteiger charge is 2.47. The summed E-state index contributed by atoms with van der Waals surface area (Å²) in [6.07, 6.45) is -1.88. The number of hydrogen-bond donors (Lipinski definition) is 6. The highest BCUT2D eigenvalue weighted by Crippen LogP contribution is 2.39. The Morgan fingerprint density at radius 1 is 1.57 bits per heavy atom. The molecule has 0 aliphatic carbocycles. The fourth-order valence-corrected chi connectivity index (χ4v) is 2.64. The Morgan fingerprint density at radius 3 is 2.81 bits per heavy atom. The number of amides is 2. The molecule has 2 heterocycles. The summed E-state index contributed by atoms with van der Waals surface area (Å²) < 4.78 is 20.1. The number of nitrogens with one attached hydrogen (secondary N) is 1. The third kappa shape index (κ3) is 4.04. The van der Waals surface area contributed by atoms with Gasteiger partial charge in [0.2, 0.25) is 0 Å². The van der Waals surface area contributed by atoms with Gasteiger partial charge < -0.3 is 24.7 Å². The lowest BCUT2D eigenvalue weighted by Crippen LogP contribution is -2.52. The second kappa shape index (κ2) is 6.05. The van der Waals surface area contributed by atoms with E-state index < -0.39 is 37.7 Å². The van der Waals surface area contributed by atoms with E-state index in [9.17, 15) is 19.6 Å². The van der Waals surface area contributed by atoms with Gasteiger partial charge in [0, 0.05) is 12.5 Å². The molecule has 0 unspecified atom stereocenters. The molecule has 118 valence electrons. The van der Waals surface area contributed by atoms with Crippen molar-refractivity contribution in [1.29, 1.82) is 0 Å². The topological polar surface area (TPSA) is 149 Å². The van der Waals surface area contributed by atoms with E-state index in [0.717, 1.165) is 4.90 Å². The van der Waals surface area contributed by atoms with Crippen LogP contribution in [0.25, 0.3) is 0 Å². The summed E-state index contributed by atoms with van der Waals surface area (Å²) in [5.74, 6) is -0.345. The van der Waals surface area contributed by atoms with Crippen molar-refractivity contribution < 1.29 is 38.6 Å². The van der Waals surface area contributed by atoms with Gasteiger partial charge in [0.15, 0.2) is 5.88 Å². The molecule has 2 aliphatic heterocycles. The Labute approximate surface area is 125 Å². The summed E-state index contributed by atoms with van der Waals surface area (Å²) in [5, 5.41) is 20.4. The Morgan fingerprint density at radius 2 is 2.24 bits per heavy atom. The third-order valence-corrected chi connectivity index (χ3v) is 3.63. The number of phosphoric acid groups is 1. The van der Waals surface area contributed by atoms with Crippen molar-refractivity contribution >= 4 is 26.5 Å². The normalized spacial score (nSPS) is 33.6. The number of aliphatic hydroxyl groups excluding tert-OH is 2. The lowest BCUT2D eigenvalue weighted by molar-refractivity contribution is -0.0473. The predicted molar refractivity (Wildman–Crippen MR) is 70.6 cm³/mol. The number of ether oxygens (including phenoxy) is 1. The predicted octanol–water partition coefficient (Wildman–Crippen LogP) is -0.586. The number of aliphatic hydroxyl groups is 2. The van der Waals surface area contributed by atoms with Gasteiger partial charge in [0.1, 0.15) is 17.7 Å². The van der Waals surface area contributed by atoms with E-state index in [1.54, 1.807) is 0 Å². The van der Waals surface area contributed by atoms with E-state index in [1.807, 2.05) is 0 Å². The van der Waals surface area contributed by atoms with Crippen molar-refractivity contribution in [1.82, 2.24) is 10.2 Å². The lowest BCUT2D eigenvalue weighted by atomic mass is 10.2. The summed E-state index contributed by atoms with van der Waals surface area (Å²) in [7, 11) is -4.73. The van der Waals surface area contributed by atoms with Crippen LogP contribution in [0.3, 0.4) is 0 Å². The number of nitrogens with zero attached hydrogens (tertiary/aromatic N) is 1. The summed E-state index contributed by atoms with van der Waals surface area (Å²) in [4.78, 5) is 30.1. The molecule has 1 fully saturated rings. The van der Waals surface area contributed by atoms with E-state index in [1.165, 1.54) is 6.08 Å². The van der Waals surface area contributed by atoms with Crippen LogP contribution in [0.15, 0.2) is 12.0 Å². The van der Waals surface area contributed by atoms with Gasteiger partial charge in [-0.2, -0.15) is 0 Å². The quantitative estimate of drug-likeness (QED) is 0.226. The van der Waals surface area contributed by atoms with Gasteiger partial charge in [-0.25, -0.2) is 9.36 Å². The molecule has 1 saturated heterocycles. The minimum absolute atomic E-state index is 0.00916. The molecule has 0 radical (unpaired) electrons. The Bertz CT molecular complexity index is 496. The molecule has 0 saturated carbocycles. The molecule has 4 atom stereocenters. The molecular formula is C9H14N2O8PS+. The molecule has 0 aromatic rings. The first kappa shape index (κ1) is 16.4. The Hall–Kier alpha value is -0.940. The van der Waals surface area contributed by atoms with Crippen LogP contribution >= 0.6 is 20.5 Å². The van der Waals surface area contributed by atoms with Crippen molar-refractivity contribution in [2.24, 2.45) is 0 Å². The average Bonchev–Trinajstić information content (AvgIpc) is 2.65. The molecule has 5 N–H and O–H groups in total. The molecule has 2 aliphatic rings. The van der Waals surface area contributed by atoms with Crippen LogP contribution in [0.4, 0.5) is 4.79 Å². The zero-order valence-corrected chi connectivity index (χ0v) is 12.2. The molecule has 0 aromatic heterocycles. The maximum Gasteiger partial charge on any atom is 0.509 e. The SMILES string of the molecule is O=C1NC(O)=C[C@H](S)N1[C@H]1C[C@H](O)[C@@H]([CH+]OP(=O)(O)O)O1.